The van der Waals surface area contributed by atoms with Gasteiger partial charge in [-0.15, -0.1) is 11.3 Å². The average Bonchev–Trinajstić information content (AvgIpc) is 3.08. The number of fused-ring (bicyclic) bond motifs is 1. The molecule has 2 nitrogen and oxygen atoms in total. The van der Waals surface area contributed by atoms with E-state index < -0.39 is 0 Å². The number of rotatable bonds is 5. The molecular formula is C16H18BrNOS. The van der Waals surface area contributed by atoms with Crippen LogP contribution in [0.25, 0.3) is 0 Å². The van der Waals surface area contributed by atoms with Gasteiger partial charge < -0.3 is 10.1 Å². The molecule has 2 aromatic rings. The first-order chi connectivity index (χ1) is 9.78. The summed E-state index contributed by atoms with van der Waals surface area (Å²) in [6, 6.07) is 9.11. The third kappa shape index (κ3) is 2.92. The van der Waals surface area contributed by atoms with Crippen molar-refractivity contribution in [3.63, 3.8) is 0 Å². The second-order valence-corrected chi connectivity index (χ2v) is 6.85. The standard InChI is InChI=1S/C16H18BrNOS/c1-2-14(18-10-16-13(17)6-8-20-16)11-3-4-15-12(9-11)5-7-19-15/h3-4,6,8-9,14,18H,2,5,7,10H2,1H3. The minimum absolute atomic E-state index is 0.398. The molecule has 0 aliphatic carbocycles. The van der Waals surface area contributed by atoms with E-state index in [4.69, 9.17) is 4.74 Å². The number of ether oxygens (including phenoxy) is 1. The molecule has 4 heteroatoms. The van der Waals surface area contributed by atoms with Crippen LogP contribution < -0.4 is 10.1 Å². The quantitative estimate of drug-likeness (QED) is 0.843. The van der Waals surface area contributed by atoms with Crippen LogP contribution in [0.3, 0.4) is 0 Å². The molecule has 0 amide bonds. The molecule has 1 aliphatic rings. The molecule has 0 saturated carbocycles. The fourth-order valence-electron chi connectivity index (χ4n) is 2.59. The van der Waals surface area contributed by atoms with Crippen molar-refractivity contribution < 1.29 is 4.74 Å². The van der Waals surface area contributed by atoms with Crippen LogP contribution in [0, 0.1) is 0 Å². The molecule has 1 aliphatic heterocycles. The first kappa shape index (κ1) is 14.1. The summed E-state index contributed by atoms with van der Waals surface area (Å²) in [5.74, 6) is 1.06. The molecule has 0 spiro atoms. The van der Waals surface area contributed by atoms with Gasteiger partial charge in [0, 0.05) is 28.4 Å². The van der Waals surface area contributed by atoms with Crippen molar-refractivity contribution in [1.82, 2.24) is 5.32 Å². The number of hydrogen-bond donors (Lipinski definition) is 1. The summed E-state index contributed by atoms with van der Waals surface area (Å²) in [4.78, 5) is 1.35. The predicted molar refractivity (Wildman–Crippen MR) is 87.5 cm³/mol. The maximum atomic E-state index is 5.58. The normalized spacial score (nSPS) is 14.9. The predicted octanol–water partition coefficient (Wildman–Crippen LogP) is 4.69. The van der Waals surface area contributed by atoms with Crippen molar-refractivity contribution >= 4 is 27.3 Å². The summed E-state index contributed by atoms with van der Waals surface area (Å²) in [6.07, 6.45) is 2.12. The second-order valence-electron chi connectivity index (χ2n) is 5.00. The minimum atomic E-state index is 0.398. The van der Waals surface area contributed by atoms with E-state index in [-0.39, 0.29) is 0 Å². The Labute approximate surface area is 132 Å². The van der Waals surface area contributed by atoms with Crippen LogP contribution >= 0.6 is 27.3 Å². The Bertz CT molecular complexity index is 596. The van der Waals surface area contributed by atoms with Crippen LogP contribution in [0.5, 0.6) is 5.75 Å². The van der Waals surface area contributed by atoms with Gasteiger partial charge in [0.2, 0.25) is 0 Å². The van der Waals surface area contributed by atoms with Gasteiger partial charge in [0.1, 0.15) is 5.75 Å². The van der Waals surface area contributed by atoms with Crippen LogP contribution in [0.4, 0.5) is 0 Å². The molecule has 106 valence electrons. The highest BCUT2D eigenvalue weighted by Crippen LogP contribution is 2.30. The Morgan fingerprint density at radius 2 is 2.30 bits per heavy atom. The molecule has 0 fully saturated rings. The Kier molecular flexibility index (Phi) is 4.44. The molecule has 20 heavy (non-hydrogen) atoms. The summed E-state index contributed by atoms with van der Waals surface area (Å²) in [5.41, 5.74) is 2.71. The monoisotopic (exact) mass is 351 g/mol. The maximum absolute atomic E-state index is 5.58. The van der Waals surface area contributed by atoms with Crippen molar-refractivity contribution in [2.75, 3.05) is 6.61 Å². The van der Waals surface area contributed by atoms with Gasteiger partial charge in [-0.05, 0) is 51.0 Å². The highest BCUT2D eigenvalue weighted by molar-refractivity contribution is 9.10. The van der Waals surface area contributed by atoms with Gasteiger partial charge in [-0.25, -0.2) is 0 Å². The summed E-state index contributed by atoms with van der Waals surface area (Å²) in [6.45, 7) is 3.96. The van der Waals surface area contributed by atoms with E-state index in [2.05, 4.69) is 57.8 Å². The Morgan fingerprint density at radius 1 is 1.40 bits per heavy atom. The van der Waals surface area contributed by atoms with E-state index in [9.17, 15) is 0 Å². The minimum Gasteiger partial charge on any atom is -0.493 e. The lowest BCUT2D eigenvalue weighted by Gasteiger charge is -2.18. The highest BCUT2D eigenvalue weighted by Gasteiger charge is 2.16. The largest absolute Gasteiger partial charge is 0.493 e. The van der Waals surface area contributed by atoms with Crippen molar-refractivity contribution in [3.8, 4) is 5.75 Å². The number of benzene rings is 1. The third-order valence-electron chi connectivity index (χ3n) is 3.72. The van der Waals surface area contributed by atoms with E-state index in [0.29, 0.717) is 6.04 Å². The van der Waals surface area contributed by atoms with E-state index in [1.54, 1.807) is 11.3 Å². The molecule has 1 aromatic carbocycles. The van der Waals surface area contributed by atoms with E-state index in [1.165, 1.54) is 20.5 Å². The van der Waals surface area contributed by atoms with Crippen molar-refractivity contribution in [2.45, 2.75) is 32.4 Å². The highest BCUT2D eigenvalue weighted by atomic mass is 79.9. The zero-order chi connectivity index (χ0) is 13.9. The molecule has 2 heterocycles. The molecule has 1 unspecified atom stereocenters. The van der Waals surface area contributed by atoms with E-state index in [1.807, 2.05) is 0 Å². The number of hydrogen-bond acceptors (Lipinski definition) is 3. The van der Waals surface area contributed by atoms with Gasteiger partial charge in [0.15, 0.2) is 0 Å². The van der Waals surface area contributed by atoms with Crippen LogP contribution in [0.15, 0.2) is 34.1 Å². The van der Waals surface area contributed by atoms with Gasteiger partial charge in [0.25, 0.3) is 0 Å². The maximum Gasteiger partial charge on any atom is 0.122 e. The summed E-state index contributed by atoms with van der Waals surface area (Å²) < 4.78 is 6.78. The number of halogens is 1. The Morgan fingerprint density at radius 3 is 3.05 bits per heavy atom. The molecule has 0 bridgehead atoms. The topological polar surface area (TPSA) is 21.3 Å². The van der Waals surface area contributed by atoms with Crippen LogP contribution in [-0.4, -0.2) is 6.61 Å². The van der Waals surface area contributed by atoms with Gasteiger partial charge in [-0.1, -0.05) is 19.1 Å². The first-order valence-corrected chi connectivity index (χ1v) is 8.66. The van der Waals surface area contributed by atoms with Crippen molar-refractivity contribution in [1.29, 1.82) is 0 Å². The first-order valence-electron chi connectivity index (χ1n) is 6.99. The number of thiophene rings is 1. The van der Waals surface area contributed by atoms with Crippen LogP contribution in [0.1, 0.15) is 35.4 Å². The fourth-order valence-corrected chi connectivity index (χ4v) is 4.03. The van der Waals surface area contributed by atoms with Gasteiger partial charge in [0.05, 0.1) is 6.61 Å². The van der Waals surface area contributed by atoms with Crippen LogP contribution in [0.2, 0.25) is 0 Å². The van der Waals surface area contributed by atoms with Gasteiger partial charge in [-0.2, -0.15) is 0 Å². The third-order valence-corrected chi connectivity index (χ3v) is 5.65. The van der Waals surface area contributed by atoms with Gasteiger partial charge in [-0.3, -0.25) is 0 Å². The second kappa shape index (κ2) is 6.29. The summed E-state index contributed by atoms with van der Waals surface area (Å²) >= 11 is 5.38. The summed E-state index contributed by atoms with van der Waals surface area (Å²) in [5, 5.41) is 5.78. The zero-order valence-electron chi connectivity index (χ0n) is 11.5. The van der Waals surface area contributed by atoms with Crippen molar-refractivity contribution in [3.05, 3.63) is 50.1 Å². The smallest absolute Gasteiger partial charge is 0.122 e. The molecule has 1 aromatic heterocycles. The lowest BCUT2D eigenvalue weighted by atomic mass is 10.0. The molecule has 0 radical (unpaired) electrons. The van der Waals surface area contributed by atoms with Crippen LogP contribution in [-0.2, 0) is 13.0 Å². The SMILES string of the molecule is CCC(NCc1sccc1Br)c1ccc2c(c1)CCO2. The van der Waals surface area contributed by atoms with E-state index in [0.717, 1.165) is 31.7 Å². The van der Waals surface area contributed by atoms with E-state index >= 15 is 0 Å². The average molecular weight is 352 g/mol. The molecule has 1 atom stereocenters. The number of nitrogens with one attached hydrogen (secondary N) is 1. The lowest BCUT2D eigenvalue weighted by Crippen LogP contribution is -2.20. The Balaban J connectivity index is 1.71. The van der Waals surface area contributed by atoms with Gasteiger partial charge >= 0.3 is 0 Å². The Hall–Kier alpha value is -0.840. The molecule has 3 rings (SSSR count). The summed E-state index contributed by atoms with van der Waals surface area (Å²) in [7, 11) is 0. The van der Waals surface area contributed by atoms with Crippen molar-refractivity contribution in [2.24, 2.45) is 0 Å². The molecule has 1 N–H and O–H groups in total. The lowest BCUT2D eigenvalue weighted by molar-refractivity contribution is 0.356. The zero-order valence-corrected chi connectivity index (χ0v) is 13.9. The fraction of sp³-hybridized carbons (Fsp3) is 0.375. The molecular weight excluding hydrogens is 334 g/mol. The molecule has 0 saturated heterocycles.